The summed E-state index contributed by atoms with van der Waals surface area (Å²) in [5.74, 6) is 0.649. The number of carbonyl (C=O) groups excluding carboxylic acids is 1. The van der Waals surface area contributed by atoms with Gasteiger partial charge in [0.05, 0.1) is 17.3 Å². The van der Waals surface area contributed by atoms with Gasteiger partial charge in [-0.25, -0.2) is 15.0 Å². The van der Waals surface area contributed by atoms with E-state index < -0.39 is 0 Å². The number of nitrogens with zero attached hydrogens (tertiary/aromatic N) is 5. The van der Waals surface area contributed by atoms with Crippen molar-refractivity contribution < 1.29 is 9.18 Å². The van der Waals surface area contributed by atoms with Gasteiger partial charge in [-0.15, -0.1) is 11.3 Å². The number of halogens is 1. The van der Waals surface area contributed by atoms with Crippen LogP contribution in [0.1, 0.15) is 25.7 Å². The maximum atomic E-state index is 13.7. The molecule has 38 heavy (non-hydrogen) atoms. The number of pyridine rings is 3. The van der Waals surface area contributed by atoms with Crippen molar-refractivity contribution in [3.05, 3.63) is 60.3 Å². The molecule has 0 aromatic carbocycles. The Balaban J connectivity index is 1.24. The quantitative estimate of drug-likeness (QED) is 0.256. The Labute approximate surface area is 219 Å². The lowest BCUT2D eigenvalue weighted by molar-refractivity contribution is -0.119. The van der Waals surface area contributed by atoms with Gasteiger partial charge in [-0.2, -0.15) is 9.49 Å². The van der Waals surface area contributed by atoms with Crippen LogP contribution in [-0.4, -0.2) is 41.0 Å². The molecule has 0 unspecified atom stereocenters. The third-order valence-corrected chi connectivity index (χ3v) is 7.84. The molecule has 7 rings (SSSR count). The number of rotatable bonds is 5. The van der Waals surface area contributed by atoms with Gasteiger partial charge in [0.25, 0.3) is 0 Å². The van der Waals surface area contributed by atoms with E-state index >= 15 is 0 Å². The first-order chi connectivity index (χ1) is 18.6. The number of anilines is 1. The van der Waals surface area contributed by atoms with Crippen molar-refractivity contribution in [2.75, 3.05) is 5.32 Å². The summed E-state index contributed by atoms with van der Waals surface area (Å²) in [6, 6.07) is 8.88. The first-order valence-electron chi connectivity index (χ1n) is 12.3. The predicted octanol–water partition coefficient (Wildman–Crippen LogP) is 5.95. The Morgan fingerprint density at radius 1 is 1.03 bits per heavy atom. The number of hydrogen-bond donors (Lipinski definition) is 3. The van der Waals surface area contributed by atoms with Crippen LogP contribution in [0.15, 0.2) is 55.1 Å². The van der Waals surface area contributed by atoms with E-state index in [-0.39, 0.29) is 17.0 Å². The number of aromatic amines is 2. The Kier molecular flexibility index (Phi) is 5.43. The molecule has 9 nitrogen and oxygen atoms in total. The molecule has 1 aliphatic carbocycles. The predicted molar refractivity (Wildman–Crippen MR) is 144 cm³/mol. The van der Waals surface area contributed by atoms with E-state index in [0.717, 1.165) is 64.0 Å². The lowest BCUT2D eigenvalue weighted by Gasteiger charge is -2.11. The molecule has 0 atom stereocenters. The molecule has 0 spiro atoms. The number of hydrogen-bond acceptors (Lipinski definition) is 7. The van der Waals surface area contributed by atoms with Crippen molar-refractivity contribution in [3.63, 3.8) is 0 Å². The molecule has 1 saturated carbocycles. The van der Waals surface area contributed by atoms with Gasteiger partial charge in [0.15, 0.2) is 22.2 Å². The topological polar surface area (TPSA) is 125 Å². The van der Waals surface area contributed by atoms with Crippen LogP contribution < -0.4 is 5.32 Å². The second-order valence-corrected chi connectivity index (χ2v) is 10.4. The van der Waals surface area contributed by atoms with Crippen LogP contribution >= 0.6 is 11.3 Å². The fourth-order valence-electron chi connectivity index (χ4n) is 5.02. The number of thiophene rings is 1. The highest BCUT2D eigenvalue weighted by Crippen LogP contribution is 2.34. The molecule has 0 saturated heterocycles. The van der Waals surface area contributed by atoms with Crippen LogP contribution in [0.2, 0.25) is 0 Å². The minimum absolute atomic E-state index is 0.0512. The van der Waals surface area contributed by atoms with E-state index in [1.54, 1.807) is 30.9 Å². The zero-order valence-electron chi connectivity index (χ0n) is 20.0. The molecule has 1 fully saturated rings. The van der Waals surface area contributed by atoms with Gasteiger partial charge in [-0.3, -0.25) is 14.9 Å². The number of fused-ring (bicyclic) bond motifs is 2. The Morgan fingerprint density at radius 2 is 1.89 bits per heavy atom. The maximum absolute atomic E-state index is 13.7. The van der Waals surface area contributed by atoms with Crippen LogP contribution in [0.5, 0.6) is 0 Å². The van der Waals surface area contributed by atoms with Gasteiger partial charge in [-0.05, 0) is 43.2 Å². The monoisotopic (exact) mass is 524 g/mol. The SMILES string of the molecule is O=C(Nc1cncc(-c2cnc3[nH]nc(-c4nc5c(-c6ccc(F)s6)ccnc5[nH]4)c3c2)c1)C1CCCC1. The normalized spacial score (nSPS) is 14.0. The van der Waals surface area contributed by atoms with E-state index in [0.29, 0.717) is 34.0 Å². The van der Waals surface area contributed by atoms with Gasteiger partial charge >= 0.3 is 0 Å². The number of amides is 1. The number of aromatic nitrogens is 7. The Bertz CT molecular complexity index is 1820. The van der Waals surface area contributed by atoms with Crippen molar-refractivity contribution >= 4 is 45.1 Å². The second kappa shape index (κ2) is 9.10. The number of imidazole rings is 1. The lowest BCUT2D eigenvalue weighted by atomic mass is 10.1. The highest BCUT2D eigenvalue weighted by Gasteiger charge is 2.23. The minimum atomic E-state index is -0.255. The summed E-state index contributed by atoms with van der Waals surface area (Å²) in [5, 5.41) is 11.0. The summed E-state index contributed by atoms with van der Waals surface area (Å²) < 4.78 is 13.7. The summed E-state index contributed by atoms with van der Waals surface area (Å²) in [4.78, 5) is 34.7. The smallest absolute Gasteiger partial charge is 0.227 e. The lowest BCUT2D eigenvalue weighted by Crippen LogP contribution is -2.20. The number of H-pyrrole nitrogens is 2. The molecule has 3 N–H and O–H groups in total. The molecule has 1 amide bonds. The van der Waals surface area contributed by atoms with E-state index in [1.807, 2.05) is 18.2 Å². The fraction of sp³-hybridized carbons (Fsp3) is 0.185. The average Bonchev–Trinajstić information content (AvgIpc) is 3.74. The first-order valence-corrected chi connectivity index (χ1v) is 13.2. The zero-order chi connectivity index (χ0) is 25.6. The summed E-state index contributed by atoms with van der Waals surface area (Å²) in [7, 11) is 0. The standard InChI is InChI=1S/C27H21FN8OS/c28-21-6-5-20(38-21)18-7-8-30-25-22(18)33-26(34-25)23-19-10-16(12-31-24(19)36-35-23)15-9-17(13-29-11-15)32-27(37)14-3-1-2-4-14/h5-14H,1-4H2,(H,32,37)(H,30,33,34)(H,31,35,36). The van der Waals surface area contributed by atoms with E-state index in [9.17, 15) is 9.18 Å². The third-order valence-electron chi connectivity index (χ3n) is 6.93. The molecule has 6 aromatic heterocycles. The molecular weight excluding hydrogens is 503 g/mol. The van der Waals surface area contributed by atoms with Crippen LogP contribution in [0.25, 0.3) is 55.3 Å². The van der Waals surface area contributed by atoms with Gasteiger partial charge in [0.2, 0.25) is 5.91 Å². The van der Waals surface area contributed by atoms with Gasteiger partial charge in [0.1, 0.15) is 11.2 Å². The molecule has 0 bridgehead atoms. The van der Waals surface area contributed by atoms with Crippen molar-refractivity contribution in [1.82, 2.24) is 35.1 Å². The van der Waals surface area contributed by atoms with Gasteiger partial charge in [0, 0.05) is 46.1 Å². The summed E-state index contributed by atoms with van der Waals surface area (Å²) in [6.45, 7) is 0. The molecule has 188 valence electrons. The number of carbonyl (C=O) groups is 1. The summed E-state index contributed by atoms with van der Waals surface area (Å²) in [6.07, 6.45) is 10.9. The molecule has 0 radical (unpaired) electrons. The molecule has 1 aliphatic rings. The van der Waals surface area contributed by atoms with E-state index in [4.69, 9.17) is 4.98 Å². The highest BCUT2D eigenvalue weighted by atomic mass is 32.1. The van der Waals surface area contributed by atoms with Crippen LogP contribution in [-0.2, 0) is 4.79 Å². The molecule has 6 aromatic rings. The summed E-state index contributed by atoms with van der Waals surface area (Å²) >= 11 is 1.06. The molecular formula is C27H21FN8OS. The Hall–Kier alpha value is -4.51. The third kappa shape index (κ3) is 4.01. The molecule has 11 heteroatoms. The minimum Gasteiger partial charge on any atom is -0.324 e. The van der Waals surface area contributed by atoms with Crippen LogP contribution in [0, 0.1) is 11.0 Å². The molecule has 0 aliphatic heterocycles. The largest absolute Gasteiger partial charge is 0.324 e. The summed E-state index contributed by atoms with van der Waals surface area (Å²) in [5.41, 5.74) is 5.53. The number of nitrogens with one attached hydrogen (secondary N) is 3. The van der Waals surface area contributed by atoms with Crippen molar-refractivity contribution in [1.29, 1.82) is 0 Å². The molecule has 6 heterocycles. The van der Waals surface area contributed by atoms with Gasteiger partial charge < -0.3 is 10.3 Å². The fourth-order valence-corrected chi connectivity index (χ4v) is 5.78. The average molecular weight is 525 g/mol. The van der Waals surface area contributed by atoms with Crippen molar-refractivity contribution in [3.8, 4) is 33.1 Å². The second-order valence-electron chi connectivity index (χ2n) is 9.37. The van der Waals surface area contributed by atoms with Crippen molar-refractivity contribution in [2.45, 2.75) is 25.7 Å². The van der Waals surface area contributed by atoms with Crippen LogP contribution in [0.3, 0.4) is 0 Å². The maximum Gasteiger partial charge on any atom is 0.227 e. The Morgan fingerprint density at radius 3 is 2.74 bits per heavy atom. The van der Waals surface area contributed by atoms with E-state index in [2.05, 4.69) is 35.5 Å². The first kappa shape index (κ1) is 22.7. The van der Waals surface area contributed by atoms with Gasteiger partial charge in [-0.1, -0.05) is 12.8 Å². The zero-order valence-corrected chi connectivity index (χ0v) is 20.8. The van der Waals surface area contributed by atoms with Crippen molar-refractivity contribution in [2.24, 2.45) is 5.92 Å². The van der Waals surface area contributed by atoms with E-state index in [1.165, 1.54) is 6.07 Å². The van der Waals surface area contributed by atoms with Crippen LogP contribution in [0.4, 0.5) is 10.1 Å². The highest BCUT2D eigenvalue weighted by molar-refractivity contribution is 7.14.